The minimum atomic E-state index is -0.702. The highest BCUT2D eigenvalue weighted by Crippen LogP contribution is 2.69. The molecule has 0 spiro atoms. The normalized spacial score (nSPS) is 48.0. The van der Waals surface area contributed by atoms with Crippen LogP contribution in [0.5, 0.6) is 0 Å². The van der Waals surface area contributed by atoms with Crippen LogP contribution in [0.3, 0.4) is 0 Å². The minimum Gasteiger partial charge on any atom is -0.386 e. The minimum absolute atomic E-state index is 0.539. The molecule has 0 heterocycles. The van der Waals surface area contributed by atoms with Gasteiger partial charge in [-0.05, 0) is 129 Å². The number of aliphatic hydroxyl groups is 1. The quantitative estimate of drug-likeness (QED) is 0.451. The summed E-state index contributed by atoms with van der Waals surface area (Å²) >= 11 is 0. The van der Waals surface area contributed by atoms with E-state index in [9.17, 15) is 5.11 Å². The Kier molecular flexibility index (Phi) is 5.82. The molecule has 4 aliphatic rings. The standard InChI is InChI=1S/C29H50O/c1-8-27(5,30)15-13-20(2)23-11-12-24-22-10-9-21-19-26(3,4)17-18-28(21,6)25(22)14-16-29(23,24)7/h8,20-25,30H,1,9-19H2,2-7H3/t20-,21+,22+,23-,24+,25+,27?,28+,29-/m1/s1. The molecular weight excluding hydrogens is 364 g/mol. The van der Waals surface area contributed by atoms with Crippen LogP contribution in [-0.2, 0) is 0 Å². The van der Waals surface area contributed by atoms with E-state index < -0.39 is 5.60 Å². The molecule has 0 aliphatic heterocycles. The van der Waals surface area contributed by atoms with Crippen molar-refractivity contribution in [1.82, 2.24) is 0 Å². The molecule has 4 aliphatic carbocycles. The number of hydrogen-bond acceptors (Lipinski definition) is 1. The first-order valence-corrected chi connectivity index (χ1v) is 13.3. The number of rotatable bonds is 5. The molecule has 1 N–H and O–H groups in total. The Bertz CT molecular complexity index is 647. The lowest BCUT2D eigenvalue weighted by molar-refractivity contribution is -0.129. The fraction of sp³-hybridized carbons (Fsp3) is 0.931. The zero-order valence-corrected chi connectivity index (χ0v) is 21.0. The zero-order chi connectivity index (χ0) is 21.9. The Hall–Kier alpha value is -0.300. The summed E-state index contributed by atoms with van der Waals surface area (Å²) in [6.07, 6.45) is 16.9. The summed E-state index contributed by atoms with van der Waals surface area (Å²) in [5, 5.41) is 10.4. The van der Waals surface area contributed by atoms with Crippen LogP contribution in [0, 0.1) is 51.8 Å². The van der Waals surface area contributed by atoms with Gasteiger partial charge in [0, 0.05) is 0 Å². The third-order valence-corrected chi connectivity index (χ3v) is 11.5. The smallest absolute Gasteiger partial charge is 0.0797 e. The molecule has 4 fully saturated rings. The molecule has 4 saturated carbocycles. The van der Waals surface area contributed by atoms with Crippen molar-refractivity contribution in [2.24, 2.45) is 51.8 Å². The van der Waals surface area contributed by atoms with Crippen molar-refractivity contribution in [3.8, 4) is 0 Å². The monoisotopic (exact) mass is 414 g/mol. The fourth-order valence-corrected chi connectivity index (χ4v) is 9.43. The molecule has 0 radical (unpaired) electrons. The molecular formula is C29H50O. The van der Waals surface area contributed by atoms with Crippen molar-refractivity contribution in [3.63, 3.8) is 0 Å². The summed E-state index contributed by atoms with van der Waals surface area (Å²) < 4.78 is 0. The molecule has 1 nitrogen and oxygen atoms in total. The van der Waals surface area contributed by atoms with Crippen molar-refractivity contribution in [3.05, 3.63) is 12.7 Å². The van der Waals surface area contributed by atoms with E-state index in [0.29, 0.717) is 22.2 Å². The highest BCUT2D eigenvalue weighted by molar-refractivity contribution is 5.10. The summed E-state index contributed by atoms with van der Waals surface area (Å²) in [5.41, 5.74) is 1.02. The van der Waals surface area contributed by atoms with Gasteiger partial charge in [-0.1, -0.05) is 40.7 Å². The largest absolute Gasteiger partial charge is 0.386 e. The molecule has 0 aromatic carbocycles. The van der Waals surface area contributed by atoms with Crippen LogP contribution in [0.2, 0.25) is 0 Å². The van der Waals surface area contributed by atoms with Crippen molar-refractivity contribution in [1.29, 1.82) is 0 Å². The average molecular weight is 415 g/mol. The molecule has 4 rings (SSSR count). The lowest BCUT2D eigenvalue weighted by Gasteiger charge is -2.62. The Morgan fingerprint density at radius 2 is 1.67 bits per heavy atom. The Labute approximate surface area is 187 Å². The lowest BCUT2D eigenvalue weighted by atomic mass is 9.43. The van der Waals surface area contributed by atoms with Crippen molar-refractivity contribution in [2.45, 2.75) is 118 Å². The maximum atomic E-state index is 10.4. The second kappa shape index (κ2) is 7.64. The van der Waals surface area contributed by atoms with E-state index in [1.165, 1.54) is 57.8 Å². The van der Waals surface area contributed by atoms with Gasteiger partial charge in [-0.2, -0.15) is 0 Å². The third-order valence-electron chi connectivity index (χ3n) is 11.5. The van der Waals surface area contributed by atoms with Crippen LogP contribution in [0.15, 0.2) is 12.7 Å². The first-order chi connectivity index (χ1) is 13.9. The van der Waals surface area contributed by atoms with E-state index >= 15 is 0 Å². The van der Waals surface area contributed by atoms with E-state index in [1.54, 1.807) is 6.08 Å². The molecule has 1 unspecified atom stereocenters. The van der Waals surface area contributed by atoms with E-state index in [2.05, 4.69) is 41.2 Å². The molecule has 30 heavy (non-hydrogen) atoms. The topological polar surface area (TPSA) is 20.2 Å². The van der Waals surface area contributed by atoms with Crippen LogP contribution in [0.25, 0.3) is 0 Å². The number of hydrogen-bond donors (Lipinski definition) is 1. The van der Waals surface area contributed by atoms with Crippen molar-refractivity contribution < 1.29 is 5.11 Å². The van der Waals surface area contributed by atoms with Gasteiger partial charge in [-0.15, -0.1) is 6.58 Å². The second-order valence-electron chi connectivity index (χ2n) is 13.8. The Balaban J connectivity index is 1.48. The summed E-state index contributed by atoms with van der Waals surface area (Å²) in [5.74, 6) is 5.46. The highest BCUT2D eigenvalue weighted by atomic mass is 16.3. The van der Waals surface area contributed by atoms with Crippen molar-refractivity contribution >= 4 is 0 Å². The maximum Gasteiger partial charge on any atom is 0.0797 e. The van der Waals surface area contributed by atoms with E-state index in [-0.39, 0.29) is 0 Å². The van der Waals surface area contributed by atoms with E-state index in [0.717, 1.165) is 42.4 Å². The van der Waals surface area contributed by atoms with Crippen LogP contribution in [0.4, 0.5) is 0 Å². The van der Waals surface area contributed by atoms with Crippen LogP contribution in [0.1, 0.15) is 112 Å². The molecule has 0 amide bonds. The molecule has 0 bridgehead atoms. The molecule has 0 aromatic rings. The lowest BCUT2D eigenvalue weighted by Crippen LogP contribution is -2.54. The van der Waals surface area contributed by atoms with Gasteiger partial charge in [0.05, 0.1) is 5.60 Å². The molecule has 0 aromatic heterocycles. The molecule has 9 atom stereocenters. The fourth-order valence-electron chi connectivity index (χ4n) is 9.43. The second-order valence-corrected chi connectivity index (χ2v) is 13.8. The molecule has 0 saturated heterocycles. The first-order valence-electron chi connectivity index (χ1n) is 13.3. The van der Waals surface area contributed by atoms with Gasteiger partial charge >= 0.3 is 0 Å². The molecule has 172 valence electrons. The maximum absolute atomic E-state index is 10.4. The summed E-state index contributed by atoms with van der Waals surface area (Å²) in [7, 11) is 0. The molecule has 1 heteroatoms. The van der Waals surface area contributed by atoms with Gasteiger partial charge in [-0.3, -0.25) is 0 Å². The van der Waals surface area contributed by atoms with E-state index in [1.807, 2.05) is 6.92 Å². The Morgan fingerprint density at radius 3 is 2.37 bits per heavy atom. The van der Waals surface area contributed by atoms with Gasteiger partial charge in [0.1, 0.15) is 0 Å². The van der Waals surface area contributed by atoms with Gasteiger partial charge in [0.25, 0.3) is 0 Å². The first kappa shape index (κ1) is 22.9. The average Bonchev–Trinajstić information content (AvgIpc) is 3.04. The summed E-state index contributed by atoms with van der Waals surface area (Å²) in [6.45, 7) is 18.6. The predicted molar refractivity (Wildman–Crippen MR) is 128 cm³/mol. The van der Waals surface area contributed by atoms with Crippen LogP contribution in [-0.4, -0.2) is 10.7 Å². The highest BCUT2D eigenvalue weighted by Gasteiger charge is 2.61. The Morgan fingerprint density at radius 1 is 0.967 bits per heavy atom. The van der Waals surface area contributed by atoms with Crippen molar-refractivity contribution in [2.75, 3.05) is 0 Å². The number of fused-ring (bicyclic) bond motifs is 5. The SMILES string of the molecule is C=CC(C)(O)CC[C@@H](C)[C@H]1CC[C@H]2[C@@H]3CC[C@H]4CC(C)(C)CC[C@]4(C)[C@H]3CC[C@]12C. The van der Waals surface area contributed by atoms with Gasteiger partial charge in [0.15, 0.2) is 0 Å². The predicted octanol–water partition coefficient (Wildman–Crippen LogP) is 8.02. The zero-order valence-electron chi connectivity index (χ0n) is 21.0. The van der Waals surface area contributed by atoms with Gasteiger partial charge < -0.3 is 5.11 Å². The van der Waals surface area contributed by atoms with Crippen LogP contribution < -0.4 is 0 Å². The summed E-state index contributed by atoms with van der Waals surface area (Å²) in [4.78, 5) is 0. The third kappa shape index (κ3) is 3.74. The van der Waals surface area contributed by atoms with Gasteiger partial charge in [0.2, 0.25) is 0 Å². The summed E-state index contributed by atoms with van der Waals surface area (Å²) in [6, 6.07) is 0. The van der Waals surface area contributed by atoms with Gasteiger partial charge in [-0.25, -0.2) is 0 Å². The van der Waals surface area contributed by atoms with Crippen LogP contribution >= 0.6 is 0 Å². The van der Waals surface area contributed by atoms with E-state index in [4.69, 9.17) is 0 Å².